The van der Waals surface area contributed by atoms with Gasteiger partial charge in [0, 0.05) is 5.56 Å². The van der Waals surface area contributed by atoms with Crippen LogP contribution in [0, 0.1) is 5.41 Å². The van der Waals surface area contributed by atoms with Gasteiger partial charge in [0.25, 0.3) is 0 Å². The molecular weight excluding hydrogens is 290 g/mol. The van der Waals surface area contributed by atoms with E-state index in [1.54, 1.807) is 23.1 Å². The predicted octanol–water partition coefficient (Wildman–Crippen LogP) is 3.30. The number of nitrogens with one attached hydrogen (secondary N) is 2. The van der Waals surface area contributed by atoms with Crippen LogP contribution in [0.4, 0.5) is 5.69 Å². The third-order valence-electron chi connectivity index (χ3n) is 3.18. The number of hydrogen-bond donors (Lipinski definition) is 3. The van der Waals surface area contributed by atoms with Crippen molar-refractivity contribution < 1.29 is 4.74 Å². The summed E-state index contributed by atoms with van der Waals surface area (Å²) in [4.78, 5) is 0.795. The van der Waals surface area contributed by atoms with Gasteiger partial charge in [0.2, 0.25) is 0 Å². The number of nitrogen functional groups attached to an aromatic ring is 1. The van der Waals surface area contributed by atoms with Crippen molar-refractivity contribution in [2.24, 2.45) is 5.73 Å². The fourth-order valence-corrected chi connectivity index (χ4v) is 3.88. The lowest BCUT2D eigenvalue weighted by molar-refractivity contribution is 0.340. The van der Waals surface area contributed by atoms with E-state index in [9.17, 15) is 0 Å². The van der Waals surface area contributed by atoms with Crippen LogP contribution in [-0.2, 0) is 0 Å². The Morgan fingerprint density at radius 2 is 2.30 bits per heavy atom. The quantitative estimate of drug-likeness (QED) is 0.460. The first-order chi connectivity index (χ1) is 9.69. The second kappa shape index (κ2) is 5.38. The van der Waals surface area contributed by atoms with Crippen molar-refractivity contribution in [2.45, 2.75) is 10.3 Å². The third-order valence-corrected chi connectivity index (χ3v) is 5.48. The van der Waals surface area contributed by atoms with Gasteiger partial charge in [-0.2, -0.15) is 0 Å². The molecule has 4 nitrogen and oxygen atoms in total. The van der Waals surface area contributed by atoms with Crippen LogP contribution in [-0.4, -0.2) is 18.7 Å². The topological polar surface area (TPSA) is 71.1 Å². The van der Waals surface area contributed by atoms with E-state index < -0.39 is 0 Å². The zero-order chi connectivity index (χ0) is 14.1. The van der Waals surface area contributed by atoms with Crippen LogP contribution in [0.5, 0.6) is 5.75 Å². The van der Waals surface area contributed by atoms with Gasteiger partial charge in [0.1, 0.15) is 18.2 Å². The number of para-hydroxylation sites is 1. The Kier molecular flexibility index (Phi) is 3.58. The van der Waals surface area contributed by atoms with E-state index in [1.165, 1.54) is 5.56 Å². The van der Waals surface area contributed by atoms with Gasteiger partial charge >= 0.3 is 0 Å². The minimum absolute atomic E-state index is 0.112. The van der Waals surface area contributed by atoms with Crippen molar-refractivity contribution in [3.8, 4) is 5.75 Å². The molecule has 1 aliphatic heterocycles. The number of ether oxygens (including phenoxy) is 1. The van der Waals surface area contributed by atoms with Gasteiger partial charge in [-0.3, -0.25) is 5.41 Å². The van der Waals surface area contributed by atoms with Crippen molar-refractivity contribution in [2.75, 3.05) is 18.2 Å². The van der Waals surface area contributed by atoms with Crippen molar-refractivity contribution >= 4 is 34.6 Å². The minimum atomic E-state index is 0.112. The Morgan fingerprint density at radius 1 is 1.50 bits per heavy atom. The molecule has 0 fully saturated rings. The highest BCUT2D eigenvalue weighted by Crippen LogP contribution is 2.39. The zero-order valence-electron chi connectivity index (χ0n) is 11.0. The molecule has 0 radical (unpaired) electrons. The normalized spacial score (nSPS) is 16.6. The predicted molar refractivity (Wildman–Crippen MR) is 85.4 cm³/mol. The number of amidine groups is 1. The number of rotatable bonds is 4. The van der Waals surface area contributed by atoms with E-state index in [-0.39, 0.29) is 11.9 Å². The molecule has 20 heavy (non-hydrogen) atoms. The standard InChI is InChI=1S/C14H15N3OS2/c1-19-14-9(6-12(20-14)13(15)16)17-10-7-18-11-5-3-2-4-8(10)11/h2-6,10,17H,7H2,1H3,(H3,15,16). The molecule has 0 saturated carbocycles. The summed E-state index contributed by atoms with van der Waals surface area (Å²) in [7, 11) is 0. The molecule has 0 amide bonds. The van der Waals surface area contributed by atoms with Gasteiger partial charge in [-0.25, -0.2) is 0 Å². The monoisotopic (exact) mass is 305 g/mol. The van der Waals surface area contributed by atoms with Crippen LogP contribution in [0.15, 0.2) is 34.5 Å². The van der Waals surface area contributed by atoms with E-state index in [1.807, 2.05) is 30.5 Å². The summed E-state index contributed by atoms with van der Waals surface area (Å²) in [6.07, 6.45) is 2.03. The summed E-state index contributed by atoms with van der Waals surface area (Å²) in [6, 6.07) is 10.2. The molecule has 6 heteroatoms. The maximum atomic E-state index is 7.55. The van der Waals surface area contributed by atoms with Gasteiger partial charge in [-0.15, -0.1) is 23.1 Å². The number of anilines is 1. The largest absolute Gasteiger partial charge is 0.491 e. The lowest BCUT2D eigenvalue weighted by Gasteiger charge is -2.12. The number of benzene rings is 1. The lowest BCUT2D eigenvalue weighted by Crippen LogP contribution is -2.12. The molecule has 0 saturated heterocycles. The van der Waals surface area contributed by atoms with Crippen molar-refractivity contribution in [1.29, 1.82) is 5.41 Å². The first-order valence-electron chi connectivity index (χ1n) is 6.19. The Bertz CT molecular complexity index is 654. The van der Waals surface area contributed by atoms with Crippen LogP contribution >= 0.6 is 23.1 Å². The number of fused-ring (bicyclic) bond motifs is 1. The molecule has 3 rings (SSSR count). The average molecular weight is 305 g/mol. The average Bonchev–Trinajstić information content (AvgIpc) is 3.04. The van der Waals surface area contributed by atoms with E-state index in [4.69, 9.17) is 15.9 Å². The molecule has 0 bridgehead atoms. The highest BCUT2D eigenvalue weighted by molar-refractivity contribution is 8.00. The second-order valence-electron chi connectivity index (χ2n) is 4.48. The molecule has 0 spiro atoms. The Hall–Kier alpha value is -1.66. The smallest absolute Gasteiger partial charge is 0.133 e. The molecule has 1 aliphatic rings. The second-order valence-corrected chi connectivity index (χ2v) is 6.60. The van der Waals surface area contributed by atoms with Gasteiger partial charge in [0.05, 0.1) is 20.8 Å². The summed E-state index contributed by atoms with van der Waals surface area (Å²) in [5.74, 6) is 1.05. The van der Waals surface area contributed by atoms with Crippen LogP contribution in [0.1, 0.15) is 16.5 Å². The van der Waals surface area contributed by atoms with Crippen molar-refractivity contribution in [3.63, 3.8) is 0 Å². The number of thiophene rings is 1. The van der Waals surface area contributed by atoms with E-state index in [0.717, 1.165) is 20.5 Å². The highest BCUT2D eigenvalue weighted by atomic mass is 32.2. The fourth-order valence-electron chi connectivity index (χ4n) is 2.23. The molecule has 104 valence electrons. The number of thioether (sulfide) groups is 1. The third kappa shape index (κ3) is 2.36. The number of nitrogens with two attached hydrogens (primary N) is 1. The van der Waals surface area contributed by atoms with E-state index in [0.29, 0.717) is 6.61 Å². The van der Waals surface area contributed by atoms with Crippen molar-refractivity contribution in [3.05, 3.63) is 40.8 Å². The molecule has 1 unspecified atom stereocenters. The van der Waals surface area contributed by atoms with Crippen LogP contribution in [0.3, 0.4) is 0 Å². The SMILES string of the molecule is CSc1sc(C(=N)N)cc1NC1COc2ccccc21. The molecule has 0 aliphatic carbocycles. The summed E-state index contributed by atoms with van der Waals surface area (Å²) in [6.45, 7) is 0.623. The Balaban J connectivity index is 1.87. The summed E-state index contributed by atoms with van der Waals surface area (Å²) in [5.41, 5.74) is 7.77. The van der Waals surface area contributed by atoms with Gasteiger partial charge in [0.15, 0.2) is 0 Å². The molecular formula is C14H15N3OS2. The van der Waals surface area contributed by atoms with Gasteiger partial charge in [-0.05, 0) is 18.4 Å². The molecule has 1 atom stereocenters. The van der Waals surface area contributed by atoms with Crippen LogP contribution in [0.2, 0.25) is 0 Å². The van der Waals surface area contributed by atoms with Gasteiger partial charge < -0.3 is 15.8 Å². The van der Waals surface area contributed by atoms with Gasteiger partial charge in [-0.1, -0.05) is 18.2 Å². The van der Waals surface area contributed by atoms with E-state index in [2.05, 4.69) is 11.4 Å². The number of hydrogen-bond acceptors (Lipinski definition) is 5. The van der Waals surface area contributed by atoms with Crippen LogP contribution < -0.4 is 15.8 Å². The minimum Gasteiger partial charge on any atom is -0.491 e. The molecule has 2 heterocycles. The first kappa shape index (κ1) is 13.3. The lowest BCUT2D eigenvalue weighted by atomic mass is 10.1. The maximum absolute atomic E-state index is 7.55. The zero-order valence-corrected chi connectivity index (χ0v) is 12.6. The molecule has 2 aromatic rings. The Labute approximate surface area is 125 Å². The van der Waals surface area contributed by atoms with Crippen molar-refractivity contribution in [1.82, 2.24) is 0 Å². The summed E-state index contributed by atoms with van der Waals surface area (Å²) in [5, 5.41) is 11.1. The highest BCUT2D eigenvalue weighted by Gasteiger charge is 2.24. The summed E-state index contributed by atoms with van der Waals surface area (Å²) >= 11 is 3.20. The molecule has 4 N–H and O–H groups in total. The van der Waals surface area contributed by atoms with E-state index >= 15 is 0 Å². The maximum Gasteiger partial charge on any atom is 0.133 e. The molecule has 1 aromatic carbocycles. The molecule has 1 aromatic heterocycles. The van der Waals surface area contributed by atoms with Crippen LogP contribution in [0.25, 0.3) is 0 Å². The fraction of sp³-hybridized carbons (Fsp3) is 0.214. The summed E-state index contributed by atoms with van der Waals surface area (Å²) < 4.78 is 6.82. The Morgan fingerprint density at radius 3 is 3.05 bits per heavy atom. The first-order valence-corrected chi connectivity index (χ1v) is 8.23.